The molecule has 2 heterocycles. The van der Waals surface area contributed by atoms with E-state index in [2.05, 4.69) is 29.1 Å². The summed E-state index contributed by atoms with van der Waals surface area (Å²) in [7, 11) is 0. The van der Waals surface area contributed by atoms with Crippen molar-refractivity contribution in [1.82, 2.24) is 9.97 Å². The number of nitrogens with zero attached hydrogens (tertiary/aromatic N) is 2. The second kappa shape index (κ2) is 4.35. The van der Waals surface area contributed by atoms with Crippen molar-refractivity contribution in [3.8, 4) is 0 Å². The SMILES string of the molecule is CC(C)C1(CNc2nc(Cl)nc3sccc23)CC1. The first-order chi connectivity index (χ1) is 8.61. The van der Waals surface area contributed by atoms with Crippen molar-refractivity contribution in [2.45, 2.75) is 26.7 Å². The van der Waals surface area contributed by atoms with Crippen molar-refractivity contribution < 1.29 is 0 Å². The minimum atomic E-state index is 0.321. The summed E-state index contributed by atoms with van der Waals surface area (Å²) in [5.74, 6) is 1.58. The number of thiophene rings is 1. The monoisotopic (exact) mass is 281 g/mol. The predicted molar refractivity (Wildman–Crippen MR) is 77.4 cm³/mol. The first-order valence-corrected chi connectivity index (χ1v) is 7.51. The molecule has 0 spiro atoms. The van der Waals surface area contributed by atoms with E-state index in [4.69, 9.17) is 11.6 Å². The number of rotatable bonds is 4. The van der Waals surface area contributed by atoms with Crippen LogP contribution in [-0.4, -0.2) is 16.5 Å². The van der Waals surface area contributed by atoms with Gasteiger partial charge < -0.3 is 5.32 Å². The van der Waals surface area contributed by atoms with Gasteiger partial charge in [-0.05, 0) is 47.2 Å². The van der Waals surface area contributed by atoms with Crippen molar-refractivity contribution >= 4 is 39.0 Å². The molecule has 0 unspecified atom stereocenters. The smallest absolute Gasteiger partial charge is 0.225 e. The van der Waals surface area contributed by atoms with Crippen LogP contribution in [-0.2, 0) is 0 Å². The maximum atomic E-state index is 5.95. The van der Waals surface area contributed by atoms with Gasteiger partial charge in [0.2, 0.25) is 5.28 Å². The highest BCUT2D eigenvalue weighted by Crippen LogP contribution is 2.51. The molecule has 0 aliphatic heterocycles. The lowest BCUT2D eigenvalue weighted by atomic mass is 9.92. The van der Waals surface area contributed by atoms with Gasteiger partial charge in [0.15, 0.2) is 0 Å². The van der Waals surface area contributed by atoms with Crippen molar-refractivity contribution in [2.24, 2.45) is 11.3 Å². The fourth-order valence-electron chi connectivity index (χ4n) is 2.34. The highest BCUT2D eigenvalue weighted by atomic mass is 35.5. The number of aromatic nitrogens is 2. The third-order valence-corrected chi connectivity index (χ3v) is 5.00. The zero-order valence-electron chi connectivity index (χ0n) is 10.5. The highest BCUT2D eigenvalue weighted by molar-refractivity contribution is 7.16. The van der Waals surface area contributed by atoms with Gasteiger partial charge in [0.25, 0.3) is 0 Å². The third-order valence-electron chi connectivity index (χ3n) is 4.02. The second-order valence-electron chi connectivity index (χ2n) is 5.35. The second-order valence-corrected chi connectivity index (χ2v) is 6.58. The minimum absolute atomic E-state index is 0.321. The summed E-state index contributed by atoms with van der Waals surface area (Å²) in [6.45, 7) is 5.56. The van der Waals surface area contributed by atoms with E-state index in [1.54, 1.807) is 11.3 Å². The van der Waals surface area contributed by atoms with Crippen LogP contribution < -0.4 is 5.32 Å². The largest absolute Gasteiger partial charge is 0.369 e. The molecule has 0 amide bonds. The lowest BCUT2D eigenvalue weighted by Gasteiger charge is -2.20. The Morgan fingerprint density at radius 1 is 1.44 bits per heavy atom. The molecule has 0 bridgehead atoms. The number of hydrogen-bond acceptors (Lipinski definition) is 4. The molecule has 3 nitrogen and oxygen atoms in total. The Bertz CT molecular complexity index is 575. The van der Waals surface area contributed by atoms with Gasteiger partial charge in [0, 0.05) is 6.54 Å². The third kappa shape index (κ3) is 2.08. The molecule has 1 aliphatic carbocycles. The van der Waals surface area contributed by atoms with Crippen molar-refractivity contribution in [3.63, 3.8) is 0 Å². The lowest BCUT2D eigenvalue weighted by Crippen LogP contribution is -2.21. The molecule has 18 heavy (non-hydrogen) atoms. The Balaban J connectivity index is 1.84. The van der Waals surface area contributed by atoms with Gasteiger partial charge in [0.05, 0.1) is 5.39 Å². The van der Waals surface area contributed by atoms with E-state index in [9.17, 15) is 0 Å². The van der Waals surface area contributed by atoms with Crippen LogP contribution in [0.15, 0.2) is 11.4 Å². The molecule has 0 atom stereocenters. The van der Waals surface area contributed by atoms with Crippen molar-refractivity contribution in [2.75, 3.05) is 11.9 Å². The summed E-state index contributed by atoms with van der Waals surface area (Å²) in [5.41, 5.74) is 0.458. The van der Waals surface area contributed by atoms with Gasteiger partial charge in [-0.2, -0.15) is 0 Å². The van der Waals surface area contributed by atoms with Crippen LogP contribution in [0.5, 0.6) is 0 Å². The molecule has 96 valence electrons. The molecule has 1 aliphatic rings. The van der Waals surface area contributed by atoms with Crippen LogP contribution >= 0.6 is 22.9 Å². The molecule has 5 heteroatoms. The minimum Gasteiger partial charge on any atom is -0.369 e. The van der Waals surface area contributed by atoms with Gasteiger partial charge in [-0.25, -0.2) is 9.97 Å². The average Bonchev–Trinajstić information content (AvgIpc) is 2.98. The number of hydrogen-bond donors (Lipinski definition) is 1. The van der Waals surface area contributed by atoms with Crippen LogP contribution in [0.4, 0.5) is 5.82 Å². The van der Waals surface area contributed by atoms with Crippen LogP contribution in [0.2, 0.25) is 5.28 Å². The van der Waals surface area contributed by atoms with Crippen LogP contribution in [0.3, 0.4) is 0 Å². The zero-order valence-corrected chi connectivity index (χ0v) is 12.1. The summed E-state index contributed by atoms with van der Waals surface area (Å²) in [6, 6.07) is 2.05. The van der Waals surface area contributed by atoms with Gasteiger partial charge in [-0.3, -0.25) is 0 Å². The van der Waals surface area contributed by atoms with E-state index in [-0.39, 0.29) is 0 Å². The molecule has 1 fully saturated rings. The van der Waals surface area contributed by atoms with Gasteiger partial charge >= 0.3 is 0 Å². The Labute approximate surface area is 116 Å². The topological polar surface area (TPSA) is 37.8 Å². The number of halogens is 1. The van der Waals surface area contributed by atoms with Gasteiger partial charge in [0.1, 0.15) is 10.6 Å². The maximum Gasteiger partial charge on any atom is 0.225 e. The predicted octanol–water partition coefficient (Wildman–Crippen LogP) is 4.19. The Morgan fingerprint density at radius 3 is 2.89 bits per heavy atom. The number of nitrogens with one attached hydrogen (secondary N) is 1. The van der Waals surface area contributed by atoms with Crippen LogP contribution in [0.1, 0.15) is 26.7 Å². The van der Waals surface area contributed by atoms with Crippen LogP contribution in [0, 0.1) is 11.3 Å². The Hall–Kier alpha value is -0.870. The molecule has 2 aromatic heterocycles. The van der Waals surface area contributed by atoms with Crippen molar-refractivity contribution in [3.05, 3.63) is 16.7 Å². The van der Waals surface area contributed by atoms with E-state index in [1.807, 2.05) is 11.4 Å². The Morgan fingerprint density at radius 2 is 2.22 bits per heavy atom. The van der Waals surface area contributed by atoms with E-state index in [0.29, 0.717) is 16.6 Å². The van der Waals surface area contributed by atoms with E-state index < -0.39 is 0 Å². The summed E-state index contributed by atoms with van der Waals surface area (Å²) in [5, 5.41) is 6.89. The quantitative estimate of drug-likeness (QED) is 0.854. The summed E-state index contributed by atoms with van der Waals surface area (Å²) in [6.07, 6.45) is 2.62. The molecular formula is C13H16ClN3S. The standard InChI is InChI=1S/C13H16ClN3S/c1-8(2)13(4-5-13)7-15-10-9-3-6-18-11(9)17-12(14)16-10/h3,6,8H,4-5,7H2,1-2H3,(H,15,16,17). The lowest BCUT2D eigenvalue weighted by molar-refractivity contribution is 0.380. The van der Waals surface area contributed by atoms with E-state index in [1.165, 1.54) is 12.8 Å². The zero-order chi connectivity index (χ0) is 12.8. The molecule has 3 rings (SSSR count). The molecule has 2 aromatic rings. The average molecular weight is 282 g/mol. The van der Waals surface area contributed by atoms with E-state index in [0.717, 1.165) is 22.6 Å². The normalized spacial score (nSPS) is 17.3. The molecular weight excluding hydrogens is 266 g/mol. The molecule has 0 radical (unpaired) electrons. The molecule has 0 saturated heterocycles. The summed E-state index contributed by atoms with van der Waals surface area (Å²) in [4.78, 5) is 9.49. The fourth-order valence-corrected chi connectivity index (χ4v) is 3.33. The first kappa shape index (κ1) is 12.2. The molecule has 1 saturated carbocycles. The van der Waals surface area contributed by atoms with Crippen molar-refractivity contribution in [1.29, 1.82) is 0 Å². The molecule has 1 N–H and O–H groups in total. The molecule has 0 aromatic carbocycles. The summed E-state index contributed by atoms with van der Waals surface area (Å²) < 4.78 is 0. The highest BCUT2D eigenvalue weighted by Gasteiger charge is 2.45. The number of anilines is 1. The van der Waals surface area contributed by atoms with E-state index >= 15 is 0 Å². The van der Waals surface area contributed by atoms with Gasteiger partial charge in [-0.15, -0.1) is 11.3 Å². The van der Waals surface area contributed by atoms with Gasteiger partial charge in [-0.1, -0.05) is 13.8 Å². The summed E-state index contributed by atoms with van der Waals surface area (Å²) >= 11 is 7.55. The number of fused-ring (bicyclic) bond motifs is 1. The maximum absolute atomic E-state index is 5.95. The Kier molecular flexibility index (Phi) is 2.94. The fraction of sp³-hybridized carbons (Fsp3) is 0.538. The first-order valence-electron chi connectivity index (χ1n) is 6.25. The van der Waals surface area contributed by atoms with Crippen LogP contribution in [0.25, 0.3) is 10.2 Å².